The summed E-state index contributed by atoms with van der Waals surface area (Å²) in [4.78, 5) is 34.2. The summed E-state index contributed by atoms with van der Waals surface area (Å²) in [5.74, 6) is -1.99. The molecule has 0 bridgehead atoms. The van der Waals surface area contributed by atoms with Crippen molar-refractivity contribution in [2.45, 2.75) is 65.3 Å². The van der Waals surface area contributed by atoms with E-state index < -0.39 is 17.7 Å². The fourth-order valence-corrected chi connectivity index (χ4v) is 1.92. The Morgan fingerprint density at radius 1 is 1.05 bits per heavy atom. The van der Waals surface area contributed by atoms with Crippen LogP contribution in [0.15, 0.2) is 0 Å². The fourth-order valence-electron chi connectivity index (χ4n) is 1.92. The highest BCUT2D eigenvalue weighted by Crippen LogP contribution is 2.16. The number of ketones is 1. The van der Waals surface area contributed by atoms with Crippen LogP contribution in [0.5, 0.6) is 0 Å². The van der Waals surface area contributed by atoms with Gasteiger partial charge in [0.1, 0.15) is 0 Å². The van der Waals surface area contributed by atoms with E-state index >= 15 is 0 Å². The second-order valence-corrected chi connectivity index (χ2v) is 4.94. The highest BCUT2D eigenvalue weighted by molar-refractivity contribution is 6.37. The number of primary amides is 1. The molecule has 0 saturated carbocycles. The first-order valence-electron chi connectivity index (χ1n) is 7.08. The van der Waals surface area contributed by atoms with Gasteiger partial charge in [-0.05, 0) is 19.8 Å². The van der Waals surface area contributed by atoms with Gasteiger partial charge in [0.15, 0.2) is 0 Å². The van der Waals surface area contributed by atoms with Gasteiger partial charge in [-0.1, -0.05) is 39.5 Å². The van der Waals surface area contributed by atoms with E-state index in [0.717, 1.165) is 38.5 Å². The molecule has 3 N–H and O–H groups in total. The number of hydrogen-bond acceptors (Lipinski definition) is 3. The first-order chi connectivity index (χ1) is 8.93. The van der Waals surface area contributed by atoms with Gasteiger partial charge in [0.05, 0.1) is 6.04 Å². The maximum absolute atomic E-state index is 12.1. The molecule has 0 aromatic heterocycles. The molecule has 5 nitrogen and oxygen atoms in total. The minimum atomic E-state index is -1.01. The molecule has 0 saturated heterocycles. The summed E-state index contributed by atoms with van der Waals surface area (Å²) in [5.41, 5.74) is 4.91. The van der Waals surface area contributed by atoms with Gasteiger partial charge in [-0.2, -0.15) is 0 Å². The Morgan fingerprint density at radius 2 is 1.53 bits per heavy atom. The first-order valence-corrected chi connectivity index (χ1v) is 7.08. The monoisotopic (exact) mass is 270 g/mol. The molecule has 0 spiro atoms. The van der Waals surface area contributed by atoms with Crippen LogP contribution in [-0.2, 0) is 14.4 Å². The van der Waals surface area contributed by atoms with Crippen molar-refractivity contribution < 1.29 is 14.4 Å². The molecule has 0 radical (unpaired) electrons. The zero-order valence-corrected chi connectivity index (χ0v) is 12.2. The number of nitrogens with two attached hydrogens (primary N) is 1. The lowest BCUT2D eigenvalue weighted by Gasteiger charge is -2.18. The Labute approximate surface area is 115 Å². The Kier molecular flexibility index (Phi) is 8.83. The fraction of sp³-hybridized carbons (Fsp3) is 0.786. The third-order valence-corrected chi connectivity index (χ3v) is 3.18. The van der Waals surface area contributed by atoms with E-state index in [1.807, 2.05) is 0 Å². The minimum absolute atomic E-state index is 0.0805. The van der Waals surface area contributed by atoms with Crippen molar-refractivity contribution in [1.29, 1.82) is 0 Å². The summed E-state index contributed by atoms with van der Waals surface area (Å²) in [7, 11) is 0. The van der Waals surface area contributed by atoms with Crippen LogP contribution in [-0.4, -0.2) is 23.6 Å². The van der Waals surface area contributed by atoms with Gasteiger partial charge in [-0.3, -0.25) is 14.4 Å². The lowest BCUT2D eigenvalue weighted by molar-refractivity contribution is -0.138. The van der Waals surface area contributed by atoms with Gasteiger partial charge in [-0.25, -0.2) is 0 Å². The first kappa shape index (κ1) is 17.6. The van der Waals surface area contributed by atoms with Crippen LogP contribution >= 0.6 is 0 Å². The lowest BCUT2D eigenvalue weighted by atomic mass is 9.94. The van der Waals surface area contributed by atoms with E-state index in [-0.39, 0.29) is 11.8 Å². The molecule has 110 valence electrons. The molecular weight excluding hydrogens is 244 g/mol. The molecule has 19 heavy (non-hydrogen) atoms. The van der Waals surface area contributed by atoms with Gasteiger partial charge < -0.3 is 11.1 Å². The minimum Gasteiger partial charge on any atom is -0.363 e. The highest BCUT2D eigenvalue weighted by atomic mass is 16.2. The van der Waals surface area contributed by atoms with Gasteiger partial charge in [0, 0.05) is 5.92 Å². The Hall–Kier alpha value is -1.39. The van der Waals surface area contributed by atoms with Crippen LogP contribution in [0.2, 0.25) is 0 Å². The summed E-state index contributed by atoms with van der Waals surface area (Å²) < 4.78 is 0. The van der Waals surface area contributed by atoms with Crippen LogP contribution in [0.25, 0.3) is 0 Å². The van der Waals surface area contributed by atoms with Gasteiger partial charge in [0.25, 0.3) is 5.91 Å². The average Bonchev–Trinajstić information content (AvgIpc) is 2.37. The number of nitrogens with one attached hydrogen (secondary N) is 1. The summed E-state index contributed by atoms with van der Waals surface area (Å²) in [6, 6.07) is -0.837. The number of carbonyl (C=O) groups excluding carboxylic acids is 3. The molecule has 0 aliphatic rings. The van der Waals surface area contributed by atoms with E-state index in [1.165, 1.54) is 6.92 Å². The zero-order valence-electron chi connectivity index (χ0n) is 12.2. The van der Waals surface area contributed by atoms with E-state index in [9.17, 15) is 14.4 Å². The summed E-state index contributed by atoms with van der Waals surface area (Å²) in [6.07, 6.45) is 5.68. The third kappa shape index (κ3) is 6.94. The van der Waals surface area contributed by atoms with E-state index in [4.69, 9.17) is 5.73 Å². The normalized spacial score (nSPS) is 12.2. The number of amides is 2. The SMILES string of the molecule is CCCCC(CCCC)C(=O)NC(C)C(=O)C(N)=O. The smallest absolute Gasteiger partial charge is 0.287 e. The number of Topliss-reactive ketones (excluding diaryl/α,β-unsaturated/α-hetero) is 1. The standard InChI is InChI=1S/C14H26N2O3/c1-4-6-8-11(9-7-5-2)14(19)16-10(3)12(17)13(15)18/h10-11H,4-9H2,1-3H3,(H2,15,18)(H,16,19). The molecule has 1 atom stereocenters. The van der Waals surface area contributed by atoms with Crippen LogP contribution < -0.4 is 11.1 Å². The number of hydrogen-bond donors (Lipinski definition) is 2. The number of carbonyl (C=O) groups is 3. The lowest BCUT2D eigenvalue weighted by Crippen LogP contribution is -2.46. The van der Waals surface area contributed by atoms with Gasteiger partial charge >= 0.3 is 0 Å². The number of unbranched alkanes of at least 4 members (excludes halogenated alkanes) is 2. The highest BCUT2D eigenvalue weighted by Gasteiger charge is 2.24. The molecule has 0 fully saturated rings. The van der Waals surface area contributed by atoms with Crippen LogP contribution in [0, 0.1) is 5.92 Å². The quantitative estimate of drug-likeness (QED) is 0.590. The van der Waals surface area contributed by atoms with Crippen molar-refractivity contribution in [1.82, 2.24) is 5.32 Å². The third-order valence-electron chi connectivity index (χ3n) is 3.18. The Morgan fingerprint density at radius 3 is 1.89 bits per heavy atom. The summed E-state index contributed by atoms with van der Waals surface area (Å²) >= 11 is 0. The maximum Gasteiger partial charge on any atom is 0.287 e. The van der Waals surface area contributed by atoms with E-state index in [2.05, 4.69) is 19.2 Å². The molecule has 0 aromatic rings. The van der Waals surface area contributed by atoms with Crippen molar-refractivity contribution in [2.75, 3.05) is 0 Å². The Balaban J connectivity index is 4.44. The van der Waals surface area contributed by atoms with Crippen molar-refractivity contribution in [3.63, 3.8) is 0 Å². The average molecular weight is 270 g/mol. The van der Waals surface area contributed by atoms with Gasteiger partial charge in [0.2, 0.25) is 11.7 Å². The van der Waals surface area contributed by atoms with Crippen LogP contribution in [0.1, 0.15) is 59.3 Å². The second-order valence-electron chi connectivity index (χ2n) is 4.94. The van der Waals surface area contributed by atoms with Gasteiger partial charge in [-0.15, -0.1) is 0 Å². The molecule has 0 aromatic carbocycles. The van der Waals surface area contributed by atoms with E-state index in [1.54, 1.807) is 0 Å². The Bertz CT molecular complexity index is 308. The number of rotatable bonds is 10. The molecular formula is C14H26N2O3. The molecule has 0 aliphatic carbocycles. The second kappa shape index (κ2) is 9.53. The zero-order chi connectivity index (χ0) is 14.8. The van der Waals surface area contributed by atoms with Crippen molar-refractivity contribution in [2.24, 2.45) is 11.7 Å². The molecule has 1 unspecified atom stereocenters. The largest absolute Gasteiger partial charge is 0.363 e. The molecule has 2 amide bonds. The molecule has 0 aliphatic heterocycles. The van der Waals surface area contributed by atoms with E-state index in [0.29, 0.717) is 0 Å². The van der Waals surface area contributed by atoms with Crippen molar-refractivity contribution in [3.8, 4) is 0 Å². The topological polar surface area (TPSA) is 89.3 Å². The summed E-state index contributed by atoms with van der Waals surface area (Å²) in [5, 5.41) is 2.59. The van der Waals surface area contributed by atoms with Crippen molar-refractivity contribution >= 4 is 17.6 Å². The maximum atomic E-state index is 12.1. The van der Waals surface area contributed by atoms with Crippen LogP contribution in [0.4, 0.5) is 0 Å². The summed E-state index contributed by atoms with van der Waals surface area (Å²) in [6.45, 7) is 5.64. The van der Waals surface area contributed by atoms with Crippen molar-refractivity contribution in [3.05, 3.63) is 0 Å². The van der Waals surface area contributed by atoms with Crippen LogP contribution in [0.3, 0.4) is 0 Å². The predicted octanol–water partition coefficient (Wildman–Crippen LogP) is 1.54. The molecule has 0 rings (SSSR count). The predicted molar refractivity (Wildman–Crippen MR) is 74.3 cm³/mol. The molecule has 5 heteroatoms. The molecule has 0 heterocycles.